The fourth-order valence-corrected chi connectivity index (χ4v) is 2.86. The molecule has 2 N–H and O–H groups in total. The van der Waals surface area contributed by atoms with Crippen LogP contribution in [0.2, 0.25) is 5.02 Å². The number of fused-ring (bicyclic) bond motifs is 1. The number of ether oxygens (including phenoxy) is 2. The van der Waals surface area contributed by atoms with Crippen molar-refractivity contribution < 1.29 is 14.3 Å². The fraction of sp³-hybridized carbons (Fsp3) is 0.0952. The average molecular weight is 381 g/mol. The summed E-state index contributed by atoms with van der Waals surface area (Å²) in [7, 11) is 0. The van der Waals surface area contributed by atoms with Crippen LogP contribution in [0.4, 0.5) is 11.4 Å². The van der Waals surface area contributed by atoms with Gasteiger partial charge < -0.3 is 20.1 Å². The van der Waals surface area contributed by atoms with Crippen LogP contribution in [-0.4, -0.2) is 12.7 Å². The van der Waals surface area contributed by atoms with E-state index in [1.54, 1.807) is 24.3 Å². The van der Waals surface area contributed by atoms with Crippen LogP contribution in [0.25, 0.3) is 0 Å². The summed E-state index contributed by atoms with van der Waals surface area (Å²) in [5.74, 6) is 1.38. The highest BCUT2D eigenvalue weighted by molar-refractivity contribution is 6.30. The zero-order valence-corrected chi connectivity index (χ0v) is 15.1. The molecule has 5 nitrogen and oxygen atoms in total. The predicted octanol–water partition coefficient (Wildman–Crippen LogP) is 4.93. The average Bonchev–Trinajstić information content (AvgIpc) is 3.16. The Balaban J connectivity index is 1.34. The molecule has 0 aromatic heterocycles. The number of halogens is 1. The molecule has 0 saturated heterocycles. The van der Waals surface area contributed by atoms with Gasteiger partial charge in [-0.2, -0.15) is 0 Å². The summed E-state index contributed by atoms with van der Waals surface area (Å²) in [4.78, 5) is 12.2. The van der Waals surface area contributed by atoms with E-state index < -0.39 is 0 Å². The molecule has 0 unspecified atom stereocenters. The summed E-state index contributed by atoms with van der Waals surface area (Å²) in [6, 6.07) is 20.2. The van der Waals surface area contributed by atoms with E-state index in [1.807, 2.05) is 42.5 Å². The van der Waals surface area contributed by atoms with E-state index in [1.165, 1.54) is 0 Å². The number of amides is 1. The molecular formula is C21H17ClN2O3. The van der Waals surface area contributed by atoms with Crippen molar-refractivity contribution in [2.24, 2.45) is 0 Å². The van der Waals surface area contributed by atoms with Crippen LogP contribution >= 0.6 is 11.6 Å². The van der Waals surface area contributed by atoms with Crippen LogP contribution < -0.4 is 20.1 Å². The van der Waals surface area contributed by atoms with Crippen molar-refractivity contribution in [1.29, 1.82) is 0 Å². The Morgan fingerprint density at radius 2 is 1.59 bits per heavy atom. The van der Waals surface area contributed by atoms with Crippen molar-refractivity contribution in [1.82, 2.24) is 0 Å². The first-order valence-corrected chi connectivity index (χ1v) is 8.84. The lowest BCUT2D eigenvalue weighted by Gasteiger charge is -2.09. The highest BCUT2D eigenvalue weighted by Gasteiger charge is 2.13. The highest BCUT2D eigenvalue weighted by Crippen LogP contribution is 2.32. The van der Waals surface area contributed by atoms with Gasteiger partial charge in [-0.05, 0) is 66.2 Å². The molecule has 4 rings (SSSR count). The van der Waals surface area contributed by atoms with Crippen molar-refractivity contribution in [3.8, 4) is 11.5 Å². The van der Waals surface area contributed by atoms with Gasteiger partial charge in [-0.3, -0.25) is 4.79 Å². The third-order valence-corrected chi connectivity index (χ3v) is 4.43. The van der Waals surface area contributed by atoms with Crippen LogP contribution in [0, 0.1) is 0 Å². The minimum Gasteiger partial charge on any atom is -0.454 e. The Morgan fingerprint density at radius 1 is 0.889 bits per heavy atom. The van der Waals surface area contributed by atoms with Crippen LogP contribution in [-0.2, 0) is 6.54 Å². The van der Waals surface area contributed by atoms with Crippen molar-refractivity contribution in [2.45, 2.75) is 6.54 Å². The first-order chi connectivity index (χ1) is 13.2. The Bertz CT molecular complexity index is 956. The maximum atomic E-state index is 12.2. The van der Waals surface area contributed by atoms with Crippen LogP contribution in [0.3, 0.4) is 0 Å². The Labute approximate surface area is 161 Å². The number of rotatable bonds is 5. The van der Waals surface area contributed by atoms with Crippen molar-refractivity contribution >= 4 is 28.9 Å². The lowest BCUT2D eigenvalue weighted by Crippen LogP contribution is -2.11. The van der Waals surface area contributed by atoms with Gasteiger partial charge in [0.25, 0.3) is 5.91 Å². The molecule has 0 radical (unpaired) electrons. The molecule has 3 aromatic rings. The molecule has 6 heteroatoms. The number of benzene rings is 3. The van der Waals surface area contributed by atoms with Crippen molar-refractivity contribution in [3.63, 3.8) is 0 Å². The Hall–Kier alpha value is -3.18. The van der Waals surface area contributed by atoms with Gasteiger partial charge >= 0.3 is 0 Å². The minimum atomic E-state index is -0.173. The summed E-state index contributed by atoms with van der Waals surface area (Å²) in [6.45, 7) is 0.933. The molecule has 0 fully saturated rings. The van der Waals surface area contributed by atoms with E-state index >= 15 is 0 Å². The zero-order chi connectivity index (χ0) is 18.6. The van der Waals surface area contributed by atoms with E-state index in [2.05, 4.69) is 10.6 Å². The summed E-state index contributed by atoms with van der Waals surface area (Å²) < 4.78 is 10.7. The number of carbonyl (C=O) groups excluding carboxylic acids is 1. The number of carbonyl (C=O) groups is 1. The van der Waals surface area contributed by atoms with E-state index in [4.69, 9.17) is 21.1 Å². The number of hydrogen-bond donors (Lipinski definition) is 2. The maximum absolute atomic E-state index is 12.2. The molecule has 136 valence electrons. The highest BCUT2D eigenvalue weighted by atomic mass is 35.5. The molecule has 1 aliphatic heterocycles. The first-order valence-electron chi connectivity index (χ1n) is 8.47. The van der Waals surface area contributed by atoms with E-state index in [-0.39, 0.29) is 12.7 Å². The SMILES string of the molecule is O=C(Nc1ccc(NCc2ccc3c(c2)OCO3)cc1)c1ccc(Cl)cc1. The number of hydrogen-bond acceptors (Lipinski definition) is 4. The quantitative estimate of drug-likeness (QED) is 0.658. The van der Waals surface area contributed by atoms with Crippen LogP contribution in [0.5, 0.6) is 11.5 Å². The summed E-state index contributed by atoms with van der Waals surface area (Å²) >= 11 is 5.84. The van der Waals surface area contributed by atoms with Gasteiger partial charge in [0.05, 0.1) is 0 Å². The van der Waals surface area contributed by atoms with Gasteiger partial charge in [-0.25, -0.2) is 0 Å². The molecule has 1 amide bonds. The fourth-order valence-electron chi connectivity index (χ4n) is 2.73. The monoisotopic (exact) mass is 380 g/mol. The summed E-state index contributed by atoms with van der Waals surface area (Å²) in [5, 5.41) is 6.81. The summed E-state index contributed by atoms with van der Waals surface area (Å²) in [6.07, 6.45) is 0. The molecule has 0 bridgehead atoms. The van der Waals surface area contributed by atoms with Gasteiger partial charge in [0, 0.05) is 28.5 Å². The summed E-state index contributed by atoms with van der Waals surface area (Å²) in [5.41, 5.74) is 3.34. The second-order valence-corrected chi connectivity index (χ2v) is 6.52. The van der Waals surface area contributed by atoms with Crippen LogP contribution in [0.1, 0.15) is 15.9 Å². The van der Waals surface area contributed by atoms with Crippen molar-refractivity contribution in [3.05, 3.63) is 82.9 Å². The molecule has 0 spiro atoms. The van der Waals surface area contributed by atoms with Crippen molar-refractivity contribution in [2.75, 3.05) is 17.4 Å². The topological polar surface area (TPSA) is 59.6 Å². The Kier molecular flexibility index (Phi) is 4.85. The van der Waals surface area contributed by atoms with Gasteiger partial charge in [-0.15, -0.1) is 0 Å². The molecule has 0 saturated carbocycles. The number of nitrogens with one attached hydrogen (secondary N) is 2. The smallest absolute Gasteiger partial charge is 0.255 e. The molecular weight excluding hydrogens is 364 g/mol. The molecule has 1 aliphatic rings. The minimum absolute atomic E-state index is 0.173. The lowest BCUT2D eigenvalue weighted by molar-refractivity contribution is 0.102. The standard InChI is InChI=1S/C21H17ClN2O3/c22-16-4-2-15(3-5-16)21(25)24-18-8-6-17(7-9-18)23-12-14-1-10-19-20(11-14)27-13-26-19/h1-11,23H,12-13H2,(H,24,25). The molecule has 3 aromatic carbocycles. The third-order valence-electron chi connectivity index (χ3n) is 4.18. The molecule has 27 heavy (non-hydrogen) atoms. The van der Waals surface area contributed by atoms with Gasteiger partial charge in [0.15, 0.2) is 11.5 Å². The second-order valence-electron chi connectivity index (χ2n) is 6.08. The Morgan fingerprint density at radius 3 is 2.37 bits per heavy atom. The van der Waals surface area contributed by atoms with E-state index in [0.29, 0.717) is 17.1 Å². The zero-order valence-electron chi connectivity index (χ0n) is 14.4. The second kappa shape index (κ2) is 7.60. The van der Waals surface area contributed by atoms with Crippen LogP contribution in [0.15, 0.2) is 66.7 Å². The van der Waals surface area contributed by atoms with E-state index in [0.717, 1.165) is 28.4 Å². The predicted molar refractivity (Wildman–Crippen MR) is 106 cm³/mol. The third kappa shape index (κ3) is 4.15. The largest absolute Gasteiger partial charge is 0.454 e. The maximum Gasteiger partial charge on any atom is 0.255 e. The molecule has 0 aliphatic carbocycles. The molecule has 0 atom stereocenters. The number of anilines is 2. The molecule has 1 heterocycles. The van der Waals surface area contributed by atoms with Gasteiger partial charge in [-0.1, -0.05) is 17.7 Å². The first kappa shape index (κ1) is 17.2. The lowest BCUT2D eigenvalue weighted by atomic mass is 10.2. The van der Waals surface area contributed by atoms with Gasteiger partial charge in [0.2, 0.25) is 6.79 Å². The normalized spacial score (nSPS) is 11.9. The van der Waals surface area contributed by atoms with Gasteiger partial charge in [0.1, 0.15) is 0 Å². The van der Waals surface area contributed by atoms with E-state index in [9.17, 15) is 4.79 Å².